The maximum atomic E-state index is 13.2. The Morgan fingerprint density at radius 1 is 1.09 bits per heavy atom. The summed E-state index contributed by atoms with van der Waals surface area (Å²) in [6.07, 6.45) is -0.444. The summed E-state index contributed by atoms with van der Waals surface area (Å²) >= 11 is 0. The van der Waals surface area contributed by atoms with Crippen molar-refractivity contribution in [3.05, 3.63) is 71.7 Å². The molecule has 0 radical (unpaired) electrons. The molecule has 3 rings (SSSR count). The Labute approximate surface area is 183 Å². The molecular formula is C22H24FN3O6. The number of carboxylic acid groups (broad SMARTS) is 2. The number of halogens is 1. The zero-order valence-electron chi connectivity index (χ0n) is 17.5. The minimum atomic E-state index is -1.82. The van der Waals surface area contributed by atoms with E-state index in [0.29, 0.717) is 24.7 Å². The van der Waals surface area contributed by atoms with Gasteiger partial charge in [-0.15, -0.1) is 0 Å². The van der Waals surface area contributed by atoms with Crippen molar-refractivity contribution in [3.63, 3.8) is 0 Å². The molecule has 1 aromatic heterocycles. The SMILES string of the molecule is Cc1nn(-c2ccccc2)c(Oc2ccc(F)cc2)c1CNCC(C)O.O=C(O)C(=O)O. The third-order valence-corrected chi connectivity index (χ3v) is 4.09. The number of rotatable bonds is 7. The van der Waals surface area contributed by atoms with Crippen LogP contribution in [0.25, 0.3) is 5.69 Å². The summed E-state index contributed by atoms with van der Waals surface area (Å²) in [5.41, 5.74) is 2.58. The molecule has 0 saturated heterocycles. The van der Waals surface area contributed by atoms with Crippen molar-refractivity contribution in [2.75, 3.05) is 6.54 Å². The van der Waals surface area contributed by atoms with Gasteiger partial charge in [0.15, 0.2) is 0 Å². The van der Waals surface area contributed by atoms with Crippen LogP contribution < -0.4 is 10.1 Å². The van der Waals surface area contributed by atoms with E-state index in [0.717, 1.165) is 16.9 Å². The van der Waals surface area contributed by atoms with Crippen LogP contribution in [0.5, 0.6) is 11.6 Å². The van der Waals surface area contributed by atoms with Crippen molar-refractivity contribution >= 4 is 11.9 Å². The van der Waals surface area contributed by atoms with Crippen LogP contribution in [0.2, 0.25) is 0 Å². The summed E-state index contributed by atoms with van der Waals surface area (Å²) in [7, 11) is 0. The van der Waals surface area contributed by atoms with Gasteiger partial charge in [-0.05, 0) is 50.2 Å². The van der Waals surface area contributed by atoms with Gasteiger partial charge in [0.25, 0.3) is 0 Å². The summed E-state index contributed by atoms with van der Waals surface area (Å²) in [5.74, 6) is -2.87. The Bertz CT molecular complexity index is 1020. The van der Waals surface area contributed by atoms with Crippen molar-refractivity contribution in [2.24, 2.45) is 0 Å². The fourth-order valence-corrected chi connectivity index (χ4v) is 2.61. The number of aryl methyl sites for hydroxylation is 1. The van der Waals surface area contributed by atoms with E-state index in [1.54, 1.807) is 23.7 Å². The van der Waals surface area contributed by atoms with E-state index < -0.39 is 18.0 Å². The first kappa shape index (κ1) is 24.5. The van der Waals surface area contributed by atoms with E-state index in [-0.39, 0.29) is 5.82 Å². The molecule has 1 unspecified atom stereocenters. The van der Waals surface area contributed by atoms with Crippen molar-refractivity contribution in [3.8, 4) is 17.3 Å². The number of para-hydroxylation sites is 1. The first-order valence-corrected chi connectivity index (χ1v) is 9.61. The van der Waals surface area contributed by atoms with Gasteiger partial charge < -0.3 is 25.4 Å². The van der Waals surface area contributed by atoms with Gasteiger partial charge >= 0.3 is 11.9 Å². The van der Waals surface area contributed by atoms with Crippen LogP contribution >= 0.6 is 0 Å². The summed E-state index contributed by atoms with van der Waals surface area (Å²) in [4.78, 5) is 18.2. The Morgan fingerprint density at radius 3 is 2.22 bits per heavy atom. The topological polar surface area (TPSA) is 134 Å². The van der Waals surface area contributed by atoms with Gasteiger partial charge in [0.2, 0.25) is 5.88 Å². The average Bonchev–Trinajstić information content (AvgIpc) is 3.06. The molecule has 2 aromatic carbocycles. The molecule has 0 bridgehead atoms. The highest BCUT2D eigenvalue weighted by molar-refractivity contribution is 6.27. The Balaban J connectivity index is 0.000000534. The Hall–Kier alpha value is -3.76. The highest BCUT2D eigenvalue weighted by Gasteiger charge is 2.19. The van der Waals surface area contributed by atoms with Gasteiger partial charge in [-0.1, -0.05) is 18.2 Å². The number of nitrogens with one attached hydrogen (secondary N) is 1. The summed E-state index contributed by atoms with van der Waals surface area (Å²) in [5, 5.41) is 32.1. The molecular weight excluding hydrogens is 421 g/mol. The van der Waals surface area contributed by atoms with Gasteiger partial charge in [-0.25, -0.2) is 18.7 Å². The van der Waals surface area contributed by atoms with Crippen LogP contribution in [-0.2, 0) is 16.1 Å². The van der Waals surface area contributed by atoms with Crippen LogP contribution in [0.15, 0.2) is 54.6 Å². The second-order valence-corrected chi connectivity index (χ2v) is 6.76. The molecule has 170 valence electrons. The maximum absolute atomic E-state index is 13.2. The lowest BCUT2D eigenvalue weighted by atomic mass is 10.2. The lowest BCUT2D eigenvalue weighted by Gasteiger charge is -2.12. The van der Waals surface area contributed by atoms with Gasteiger partial charge in [0, 0.05) is 13.1 Å². The first-order chi connectivity index (χ1) is 15.2. The molecule has 1 heterocycles. The zero-order chi connectivity index (χ0) is 23.7. The second kappa shape index (κ2) is 11.6. The zero-order valence-corrected chi connectivity index (χ0v) is 17.5. The molecule has 0 fully saturated rings. The summed E-state index contributed by atoms with van der Waals surface area (Å²) in [6.45, 7) is 4.60. The van der Waals surface area contributed by atoms with Crippen LogP contribution in [0.1, 0.15) is 18.2 Å². The highest BCUT2D eigenvalue weighted by Crippen LogP contribution is 2.30. The normalized spacial score (nSPS) is 11.2. The van der Waals surface area contributed by atoms with Gasteiger partial charge in [0.05, 0.1) is 23.0 Å². The van der Waals surface area contributed by atoms with Gasteiger partial charge in [-0.2, -0.15) is 5.10 Å². The van der Waals surface area contributed by atoms with E-state index in [1.807, 2.05) is 37.3 Å². The maximum Gasteiger partial charge on any atom is 0.414 e. The number of carboxylic acids is 2. The standard InChI is InChI=1S/C20H22FN3O2.C2H2O4/c1-14(25)12-22-13-19-15(2)23-24(17-6-4-3-5-7-17)20(19)26-18-10-8-16(21)9-11-18;3-1(4)2(5)6/h3-11,14,22,25H,12-13H2,1-2H3;(H,3,4)(H,5,6). The van der Waals surface area contributed by atoms with Crippen LogP contribution in [0.4, 0.5) is 4.39 Å². The predicted octanol–water partition coefficient (Wildman–Crippen LogP) is 2.74. The fraction of sp³-hybridized carbons (Fsp3) is 0.227. The minimum absolute atomic E-state index is 0.316. The molecule has 3 aromatic rings. The number of aliphatic hydroxyl groups excluding tert-OH is 1. The lowest BCUT2D eigenvalue weighted by Crippen LogP contribution is -2.24. The quantitative estimate of drug-likeness (QED) is 0.408. The van der Waals surface area contributed by atoms with Crippen molar-refractivity contribution < 1.29 is 34.0 Å². The van der Waals surface area contributed by atoms with Crippen molar-refractivity contribution in [2.45, 2.75) is 26.5 Å². The molecule has 0 aliphatic rings. The average molecular weight is 445 g/mol. The highest BCUT2D eigenvalue weighted by atomic mass is 19.1. The van der Waals surface area contributed by atoms with Crippen LogP contribution in [0, 0.1) is 12.7 Å². The lowest BCUT2D eigenvalue weighted by molar-refractivity contribution is -0.159. The van der Waals surface area contributed by atoms with Crippen molar-refractivity contribution in [1.29, 1.82) is 0 Å². The number of hydrogen-bond acceptors (Lipinski definition) is 6. The van der Waals surface area contributed by atoms with Gasteiger partial charge in [-0.3, -0.25) is 0 Å². The summed E-state index contributed by atoms with van der Waals surface area (Å²) in [6, 6.07) is 15.6. The molecule has 0 amide bonds. The first-order valence-electron chi connectivity index (χ1n) is 9.61. The minimum Gasteiger partial charge on any atom is -0.473 e. The number of carbonyl (C=O) groups is 2. The smallest absolute Gasteiger partial charge is 0.414 e. The summed E-state index contributed by atoms with van der Waals surface area (Å²) < 4.78 is 21.0. The van der Waals surface area contributed by atoms with Crippen LogP contribution in [0.3, 0.4) is 0 Å². The number of nitrogens with zero attached hydrogens (tertiary/aromatic N) is 2. The van der Waals surface area contributed by atoms with Gasteiger partial charge in [0.1, 0.15) is 11.6 Å². The second-order valence-electron chi connectivity index (χ2n) is 6.76. The van der Waals surface area contributed by atoms with E-state index >= 15 is 0 Å². The monoisotopic (exact) mass is 445 g/mol. The molecule has 0 spiro atoms. The molecule has 32 heavy (non-hydrogen) atoms. The molecule has 0 aliphatic heterocycles. The number of hydrogen-bond donors (Lipinski definition) is 4. The number of benzene rings is 2. The predicted molar refractivity (Wildman–Crippen MR) is 113 cm³/mol. The number of aliphatic carboxylic acids is 2. The fourth-order valence-electron chi connectivity index (χ4n) is 2.61. The molecule has 10 heteroatoms. The third kappa shape index (κ3) is 7.18. The Kier molecular flexibility index (Phi) is 8.87. The molecule has 0 saturated carbocycles. The molecule has 4 N–H and O–H groups in total. The van der Waals surface area contributed by atoms with E-state index in [4.69, 9.17) is 24.5 Å². The van der Waals surface area contributed by atoms with Crippen molar-refractivity contribution in [1.82, 2.24) is 15.1 Å². The number of ether oxygens (including phenoxy) is 1. The van der Waals surface area contributed by atoms with E-state index in [9.17, 15) is 9.50 Å². The molecule has 1 atom stereocenters. The largest absolute Gasteiger partial charge is 0.473 e. The third-order valence-electron chi connectivity index (χ3n) is 4.09. The van der Waals surface area contributed by atoms with Crippen LogP contribution in [-0.4, -0.2) is 49.7 Å². The number of aromatic nitrogens is 2. The number of aliphatic hydroxyl groups is 1. The molecule has 9 nitrogen and oxygen atoms in total. The Morgan fingerprint density at radius 2 is 1.69 bits per heavy atom. The molecule has 0 aliphatic carbocycles. The van der Waals surface area contributed by atoms with E-state index in [2.05, 4.69) is 10.4 Å². The van der Waals surface area contributed by atoms with E-state index in [1.165, 1.54) is 12.1 Å².